The number of hydrogen-bond acceptors (Lipinski definition) is 2. The zero-order valence-corrected chi connectivity index (χ0v) is 7.80. The fourth-order valence-electron chi connectivity index (χ4n) is 1.38. The molecule has 0 heterocycles. The molecular weight excluding hydrogens is 142 g/mol. The summed E-state index contributed by atoms with van der Waals surface area (Å²) in [5, 5.41) is 8.67. The normalized spacial score (nSPS) is 10.9. The Labute approximate surface area is 69.1 Å². The fraction of sp³-hybridized carbons (Fsp3) is 1.00. The molecule has 0 fully saturated rings. The molecule has 3 heteroatoms. The van der Waals surface area contributed by atoms with Crippen molar-refractivity contribution in [2.75, 3.05) is 6.54 Å². The van der Waals surface area contributed by atoms with Gasteiger partial charge in [0.05, 0.1) is 0 Å². The Morgan fingerprint density at radius 3 is 1.55 bits per heavy atom. The number of nitrogens with two attached hydrogens (primary N) is 1. The Balaban J connectivity index is 0. The maximum absolute atomic E-state index is 8.67. The lowest BCUT2D eigenvalue weighted by Crippen LogP contribution is -2.83. The standard InChI is InChI=1S/C8H19NO.H2O/c1-4-8(5-2,6-3)7-9-10;/h9-10H,4-7H2,1-3H3;1H2. The minimum atomic E-state index is 0. The summed E-state index contributed by atoms with van der Waals surface area (Å²) in [7, 11) is 0. The summed E-state index contributed by atoms with van der Waals surface area (Å²) in [5.41, 5.74) is 1.67. The minimum absolute atomic E-state index is 0. The number of quaternary nitrogens is 1. The van der Waals surface area contributed by atoms with Gasteiger partial charge in [-0.3, -0.25) is 0 Å². The van der Waals surface area contributed by atoms with E-state index in [1.807, 2.05) is 0 Å². The van der Waals surface area contributed by atoms with Crippen molar-refractivity contribution >= 4 is 0 Å². The maximum Gasteiger partial charge on any atom is 0.111 e. The molecule has 70 valence electrons. The first-order chi connectivity index (χ1) is 4.74. The van der Waals surface area contributed by atoms with E-state index < -0.39 is 0 Å². The van der Waals surface area contributed by atoms with Crippen LogP contribution < -0.4 is 5.48 Å². The van der Waals surface area contributed by atoms with Crippen LogP contribution in [-0.2, 0) is 0 Å². The van der Waals surface area contributed by atoms with Gasteiger partial charge in [0.1, 0.15) is 6.54 Å². The Bertz CT molecular complexity index is 73.9. The average molecular weight is 163 g/mol. The van der Waals surface area contributed by atoms with Crippen molar-refractivity contribution in [1.82, 2.24) is 0 Å². The van der Waals surface area contributed by atoms with Gasteiger partial charge >= 0.3 is 0 Å². The van der Waals surface area contributed by atoms with Crippen molar-refractivity contribution in [3.63, 3.8) is 0 Å². The average Bonchev–Trinajstić information content (AvgIpc) is 2.01. The van der Waals surface area contributed by atoms with E-state index in [9.17, 15) is 0 Å². The third kappa shape index (κ3) is 3.70. The topological polar surface area (TPSA) is 66.8 Å². The highest BCUT2D eigenvalue weighted by Gasteiger charge is 2.25. The highest BCUT2D eigenvalue weighted by Crippen LogP contribution is 2.27. The van der Waals surface area contributed by atoms with Crippen LogP contribution >= 0.6 is 0 Å². The maximum atomic E-state index is 8.67. The predicted molar refractivity (Wildman–Crippen MR) is 43.8 cm³/mol. The van der Waals surface area contributed by atoms with E-state index in [4.69, 9.17) is 5.21 Å². The molecule has 0 radical (unpaired) electrons. The Hall–Kier alpha value is -0.120. The summed E-state index contributed by atoms with van der Waals surface area (Å²) in [6.07, 6.45) is 3.49. The Morgan fingerprint density at radius 1 is 1.09 bits per heavy atom. The van der Waals surface area contributed by atoms with Gasteiger partial charge < -0.3 is 5.48 Å². The molecule has 4 N–H and O–H groups in total. The molecule has 0 aliphatic heterocycles. The lowest BCUT2D eigenvalue weighted by atomic mass is 9.80. The van der Waals surface area contributed by atoms with Gasteiger partial charge in [0.2, 0.25) is 0 Å². The molecule has 0 atom stereocenters. The quantitative estimate of drug-likeness (QED) is 0.593. The van der Waals surface area contributed by atoms with Gasteiger partial charge in [0.15, 0.2) is 0 Å². The molecule has 0 aliphatic carbocycles. The molecule has 0 aromatic rings. The lowest BCUT2D eigenvalue weighted by Gasteiger charge is -2.26. The van der Waals surface area contributed by atoms with Gasteiger partial charge in [-0.1, -0.05) is 20.8 Å². The molecule has 0 spiro atoms. The molecule has 0 unspecified atom stereocenters. The van der Waals surface area contributed by atoms with Crippen LogP contribution in [0.2, 0.25) is 0 Å². The first-order valence-electron chi connectivity index (χ1n) is 4.20. The summed E-state index contributed by atoms with van der Waals surface area (Å²) in [6.45, 7) is 7.42. The van der Waals surface area contributed by atoms with Crippen molar-refractivity contribution < 1.29 is 16.2 Å². The predicted octanol–water partition coefficient (Wildman–Crippen LogP) is 0.979. The van der Waals surface area contributed by atoms with Crippen LogP contribution in [0.4, 0.5) is 0 Å². The summed E-state index contributed by atoms with van der Waals surface area (Å²) < 4.78 is 0. The molecule has 11 heavy (non-hydrogen) atoms. The second-order valence-corrected chi connectivity index (χ2v) is 2.95. The highest BCUT2D eigenvalue weighted by atomic mass is 16.5. The minimum Gasteiger partial charge on any atom is -0.870 e. The molecule has 0 saturated heterocycles. The molecule has 3 nitrogen and oxygen atoms in total. The smallest absolute Gasteiger partial charge is 0.111 e. The fourth-order valence-corrected chi connectivity index (χ4v) is 1.38. The molecular formula is C8H21NO2. The van der Waals surface area contributed by atoms with E-state index in [0.717, 1.165) is 25.8 Å². The van der Waals surface area contributed by atoms with Crippen LogP contribution in [-0.4, -0.2) is 17.2 Å². The van der Waals surface area contributed by atoms with Crippen LogP contribution in [0.3, 0.4) is 0 Å². The van der Waals surface area contributed by atoms with Crippen LogP contribution in [0, 0.1) is 5.41 Å². The summed E-state index contributed by atoms with van der Waals surface area (Å²) in [4.78, 5) is 0. The van der Waals surface area contributed by atoms with E-state index in [1.54, 1.807) is 0 Å². The van der Waals surface area contributed by atoms with Gasteiger partial charge in [-0.2, -0.15) is 0 Å². The van der Waals surface area contributed by atoms with E-state index in [2.05, 4.69) is 20.8 Å². The zero-order chi connectivity index (χ0) is 8.04. The van der Waals surface area contributed by atoms with Crippen LogP contribution in [0.15, 0.2) is 0 Å². The van der Waals surface area contributed by atoms with Crippen molar-refractivity contribution in [2.45, 2.75) is 40.0 Å². The third-order valence-corrected chi connectivity index (χ3v) is 2.77. The molecule has 0 rings (SSSR count). The van der Waals surface area contributed by atoms with Crippen LogP contribution in [0.1, 0.15) is 40.0 Å². The number of hydrogen-bond donors (Lipinski definition) is 2. The summed E-state index contributed by atoms with van der Waals surface area (Å²) in [5.74, 6) is 0. The first-order valence-corrected chi connectivity index (χ1v) is 4.20. The molecule has 0 aliphatic rings. The monoisotopic (exact) mass is 163 g/mol. The second-order valence-electron chi connectivity index (χ2n) is 2.95. The van der Waals surface area contributed by atoms with Gasteiger partial charge in [-0.25, -0.2) is 10.7 Å². The van der Waals surface area contributed by atoms with Crippen molar-refractivity contribution in [1.29, 1.82) is 0 Å². The van der Waals surface area contributed by atoms with E-state index in [0.29, 0.717) is 5.41 Å². The van der Waals surface area contributed by atoms with Crippen molar-refractivity contribution in [2.24, 2.45) is 5.41 Å². The van der Waals surface area contributed by atoms with Gasteiger partial charge in [-0.05, 0) is 19.3 Å². The zero-order valence-electron chi connectivity index (χ0n) is 7.80. The highest BCUT2D eigenvalue weighted by molar-refractivity contribution is 4.72. The van der Waals surface area contributed by atoms with Crippen LogP contribution in [0.25, 0.3) is 0 Å². The van der Waals surface area contributed by atoms with Crippen molar-refractivity contribution in [3.8, 4) is 0 Å². The molecule has 0 bridgehead atoms. The Kier molecular flexibility index (Phi) is 8.06. The largest absolute Gasteiger partial charge is 0.870 e. The summed E-state index contributed by atoms with van der Waals surface area (Å²) in [6, 6.07) is 0. The summed E-state index contributed by atoms with van der Waals surface area (Å²) >= 11 is 0. The molecule has 0 aromatic heterocycles. The number of rotatable bonds is 5. The van der Waals surface area contributed by atoms with Crippen LogP contribution in [0.5, 0.6) is 0 Å². The van der Waals surface area contributed by atoms with Gasteiger partial charge in [-0.15, -0.1) is 0 Å². The first kappa shape index (κ1) is 13.5. The lowest BCUT2D eigenvalue weighted by molar-refractivity contribution is -0.893. The molecule has 0 saturated carbocycles. The van der Waals surface area contributed by atoms with E-state index in [-0.39, 0.29) is 5.48 Å². The third-order valence-electron chi connectivity index (χ3n) is 2.77. The van der Waals surface area contributed by atoms with E-state index >= 15 is 0 Å². The van der Waals surface area contributed by atoms with Gasteiger partial charge in [0.25, 0.3) is 0 Å². The number of hydroxylamine groups is 1. The Morgan fingerprint density at radius 2 is 1.45 bits per heavy atom. The van der Waals surface area contributed by atoms with Gasteiger partial charge in [0, 0.05) is 5.41 Å². The molecule has 0 amide bonds. The SMILES string of the molecule is CCC(CC)(CC)C[NH2+]O.[OH-]. The van der Waals surface area contributed by atoms with Crippen molar-refractivity contribution in [3.05, 3.63) is 0 Å². The molecule has 0 aromatic carbocycles. The second kappa shape index (κ2) is 6.58. The van der Waals surface area contributed by atoms with E-state index in [1.165, 1.54) is 5.48 Å².